The van der Waals surface area contributed by atoms with E-state index in [0.29, 0.717) is 12.8 Å². The summed E-state index contributed by atoms with van der Waals surface area (Å²) in [5.74, 6) is -0.875. The van der Waals surface area contributed by atoms with Crippen LogP contribution in [0, 0.1) is 0 Å². The van der Waals surface area contributed by atoms with Crippen LogP contribution in [0.2, 0.25) is 0 Å². The molecule has 0 saturated heterocycles. The molecule has 0 aliphatic heterocycles. The van der Waals surface area contributed by atoms with Crippen molar-refractivity contribution < 1.29 is 15.0 Å². The zero-order valence-corrected chi connectivity index (χ0v) is 5.79. The van der Waals surface area contributed by atoms with Crippen molar-refractivity contribution in [2.45, 2.75) is 24.5 Å². The van der Waals surface area contributed by atoms with E-state index < -0.39 is 17.6 Å². The van der Waals surface area contributed by atoms with Gasteiger partial charge >= 0.3 is 5.97 Å². The molecule has 1 aliphatic carbocycles. The van der Waals surface area contributed by atoms with E-state index in [1.165, 1.54) is 0 Å². The fourth-order valence-electron chi connectivity index (χ4n) is 1.23. The summed E-state index contributed by atoms with van der Waals surface area (Å²) in [6.07, 6.45) is 0.195. The van der Waals surface area contributed by atoms with E-state index in [0.717, 1.165) is 0 Å². The van der Waals surface area contributed by atoms with E-state index in [-0.39, 0.29) is 0 Å². The van der Waals surface area contributed by atoms with Gasteiger partial charge in [0.25, 0.3) is 0 Å². The molecule has 0 heterocycles. The second kappa shape index (κ2) is 2.21. The van der Waals surface area contributed by atoms with Crippen molar-refractivity contribution >= 4 is 5.97 Å². The van der Waals surface area contributed by atoms with Gasteiger partial charge < -0.3 is 15.5 Å². The monoisotopic (exact) mass is 145 g/mol. The highest BCUT2D eigenvalue weighted by molar-refractivity contribution is 5.80. The molecule has 1 rings (SSSR count). The van der Waals surface area contributed by atoms with Gasteiger partial charge in [-0.05, 0) is 7.05 Å². The molecule has 10 heavy (non-hydrogen) atoms. The molecule has 0 unspecified atom stereocenters. The summed E-state index contributed by atoms with van der Waals surface area (Å²) in [5.41, 5.74) is -0.848. The second-order valence-electron chi connectivity index (χ2n) is 2.70. The van der Waals surface area contributed by atoms with Crippen LogP contribution in [0.4, 0.5) is 0 Å². The highest BCUT2D eigenvalue weighted by Gasteiger charge is 2.48. The molecule has 58 valence electrons. The van der Waals surface area contributed by atoms with Crippen LogP contribution in [0.25, 0.3) is 0 Å². The number of carboxylic acids is 1. The number of aliphatic hydroxyl groups is 1. The Morgan fingerprint density at radius 1 is 1.70 bits per heavy atom. The third-order valence-electron chi connectivity index (χ3n) is 2.06. The number of aliphatic carboxylic acids is 1. The summed E-state index contributed by atoms with van der Waals surface area (Å²) < 4.78 is 0. The lowest BCUT2D eigenvalue weighted by Gasteiger charge is -2.41. The van der Waals surface area contributed by atoms with Gasteiger partial charge in [0.05, 0.1) is 6.10 Å². The summed E-state index contributed by atoms with van der Waals surface area (Å²) in [4.78, 5) is 10.5. The number of aliphatic hydroxyl groups excluding tert-OH is 1. The fourth-order valence-corrected chi connectivity index (χ4v) is 1.23. The molecule has 0 spiro atoms. The lowest BCUT2D eigenvalue weighted by atomic mass is 9.74. The van der Waals surface area contributed by atoms with Crippen LogP contribution in [-0.2, 0) is 4.79 Å². The Hall–Kier alpha value is -0.610. The molecule has 0 aromatic rings. The third-order valence-corrected chi connectivity index (χ3v) is 2.06. The van der Waals surface area contributed by atoms with Gasteiger partial charge in [-0.3, -0.25) is 4.79 Å². The van der Waals surface area contributed by atoms with Crippen LogP contribution < -0.4 is 5.32 Å². The van der Waals surface area contributed by atoms with Gasteiger partial charge in [0.15, 0.2) is 0 Å². The average molecular weight is 145 g/mol. The number of carbonyl (C=O) groups is 1. The van der Waals surface area contributed by atoms with E-state index in [2.05, 4.69) is 5.32 Å². The highest BCUT2D eigenvalue weighted by atomic mass is 16.4. The van der Waals surface area contributed by atoms with Crippen LogP contribution in [-0.4, -0.2) is 34.9 Å². The van der Waals surface area contributed by atoms with Gasteiger partial charge in [0.1, 0.15) is 5.54 Å². The number of rotatable bonds is 2. The van der Waals surface area contributed by atoms with Crippen molar-refractivity contribution in [1.82, 2.24) is 5.32 Å². The minimum atomic E-state index is -0.875. The molecule has 0 amide bonds. The standard InChI is InChI=1S/C6H11NO3/c1-7-6(5(9)10)2-4(8)3-6/h4,7-8H,2-3H2,1H3,(H,9,10). The number of likely N-dealkylation sites (N-methyl/N-ethyl adjacent to an activating group) is 1. The van der Waals surface area contributed by atoms with Crippen molar-refractivity contribution in [2.75, 3.05) is 7.05 Å². The van der Waals surface area contributed by atoms with Gasteiger partial charge in [-0.15, -0.1) is 0 Å². The highest BCUT2D eigenvalue weighted by Crippen LogP contribution is 2.31. The summed E-state index contributed by atoms with van der Waals surface area (Å²) in [7, 11) is 1.60. The zero-order chi connectivity index (χ0) is 7.78. The lowest BCUT2D eigenvalue weighted by molar-refractivity contribution is -0.154. The molecule has 0 atom stereocenters. The molecular weight excluding hydrogens is 134 g/mol. The molecule has 0 aromatic heterocycles. The maximum atomic E-state index is 10.5. The lowest BCUT2D eigenvalue weighted by Crippen LogP contribution is -2.61. The zero-order valence-electron chi connectivity index (χ0n) is 5.79. The fraction of sp³-hybridized carbons (Fsp3) is 0.833. The number of carboxylic acid groups (broad SMARTS) is 1. The molecule has 0 aromatic carbocycles. The quantitative estimate of drug-likeness (QED) is 0.475. The molecule has 0 bridgehead atoms. The summed E-state index contributed by atoms with van der Waals surface area (Å²) in [6.45, 7) is 0. The van der Waals surface area contributed by atoms with Crippen LogP contribution in [0.15, 0.2) is 0 Å². The molecule has 1 saturated carbocycles. The smallest absolute Gasteiger partial charge is 0.324 e. The van der Waals surface area contributed by atoms with Crippen molar-refractivity contribution in [1.29, 1.82) is 0 Å². The van der Waals surface area contributed by atoms with Crippen LogP contribution in [0.1, 0.15) is 12.8 Å². The van der Waals surface area contributed by atoms with Crippen molar-refractivity contribution in [3.63, 3.8) is 0 Å². The van der Waals surface area contributed by atoms with E-state index in [9.17, 15) is 4.79 Å². The average Bonchev–Trinajstić information content (AvgIpc) is 1.79. The first kappa shape index (κ1) is 7.50. The van der Waals surface area contributed by atoms with Crippen LogP contribution >= 0.6 is 0 Å². The van der Waals surface area contributed by atoms with E-state index >= 15 is 0 Å². The maximum Gasteiger partial charge on any atom is 0.324 e. The van der Waals surface area contributed by atoms with Gasteiger partial charge in [-0.1, -0.05) is 0 Å². The van der Waals surface area contributed by atoms with E-state index in [1.54, 1.807) is 7.05 Å². The van der Waals surface area contributed by atoms with E-state index in [4.69, 9.17) is 10.2 Å². The van der Waals surface area contributed by atoms with Crippen LogP contribution in [0.3, 0.4) is 0 Å². The summed E-state index contributed by atoms with van der Waals surface area (Å²) in [5, 5.41) is 20.2. The summed E-state index contributed by atoms with van der Waals surface area (Å²) in [6, 6.07) is 0. The maximum absolute atomic E-state index is 10.5. The third kappa shape index (κ3) is 0.892. The number of hydrogen-bond donors (Lipinski definition) is 3. The van der Waals surface area contributed by atoms with Gasteiger partial charge in [-0.2, -0.15) is 0 Å². The molecule has 3 N–H and O–H groups in total. The molecule has 4 heteroatoms. The molecule has 1 fully saturated rings. The molecule has 0 radical (unpaired) electrons. The van der Waals surface area contributed by atoms with Crippen molar-refractivity contribution in [3.8, 4) is 0 Å². The Labute approximate surface area is 58.9 Å². The Bertz CT molecular complexity index is 151. The summed E-state index contributed by atoms with van der Waals surface area (Å²) >= 11 is 0. The van der Waals surface area contributed by atoms with E-state index in [1.807, 2.05) is 0 Å². The Balaban J connectivity index is 2.56. The predicted molar refractivity (Wildman–Crippen MR) is 34.7 cm³/mol. The Kier molecular flexibility index (Phi) is 1.66. The largest absolute Gasteiger partial charge is 0.480 e. The van der Waals surface area contributed by atoms with Gasteiger partial charge in [0.2, 0.25) is 0 Å². The molecule has 4 nitrogen and oxygen atoms in total. The minimum Gasteiger partial charge on any atom is -0.480 e. The minimum absolute atomic E-state index is 0.318. The first-order valence-electron chi connectivity index (χ1n) is 3.21. The SMILES string of the molecule is CNC1(C(=O)O)CC(O)C1. The van der Waals surface area contributed by atoms with Crippen molar-refractivity contribution in [2.24, 2.45) is 0 Å². The second-order valence-corrected chi connectivity index (χ2v) is 2.70. The Morgan fingerprint density at radius 2 is 2.20 bits per heavy atom. The topological polar surface area (TPSA) is 69.6 Å². The van der Waals surface area contributed by atoms with Gasteiger partial charge in [-0.25, -0.2) is 0 Å². The predicted octanol–water partition coefficient (Wildman–Crippen LogP) is -0.816. The number of hydrogen-bond acceptors (Lipinski definition) is 3. The number of nitrogens with one attached hydrogen (secondary N) is 1. The van der Waals surface area contributed by atoms with Crippen LogP contribution in [0.5, 0.6) is 0 Å². The molecular formula is C6H11NO3. The first-order chi connectivity index (χ1) is 4.60. The normalized spacial score (nSPS) is 38.8. The van der Waals surface area contributed by atoms with Crippen molar-refractivity contribution in [3.05, 3.63) is 0 Å². The Morgan fingerprint density at radius 3 is 2.30 bits per heavy atom. The van der Waals surface area contributed by atoms with Gasteiger partial charge in [0, 0.05) is 12.8 Å². The first-order valence-corrected chi connectivity index (χ1v) is 3.21. The molecule has 1 aliphatic rings.